The van der Waals surface area contributed by atoms with E-state index in [-0.39, 0.29) is 36.9 Å². The first kappa shape index (κ1) is 27.5. The number of aromatic nitrogens is 1. The zero-order valence-corrected chi connectivity index (χ0v) is 21.9. The van der Waals surface area contributed by atoms with Gasteiger partial charge >= 0.3 is 5.97 Å². The van der Waals surface area contributed by atoms with Crippen molar-refractivity contribution in [3.05, 3.63) is 40.4 Å². The van der Waals surface area contributed by atoms with Gasteiger partial charge in [-0.1, -0.05) is 60.8 Å². The van der Waals surface area contributed by atoms with Gasteiger partial charge in [0.25, 0.3) is 0 Å². The number of carbonyl (C=O) groups is 2. The number of ether oxygens (including phenoxy) is 1. The molecule has 1 amide bonds. The van der Waals surface area contributed by atoms with Gasteiger partial charge in [-0.05, 0) is 30.0 Å². The first-order valence-electron chi connectivity index (χ1n) is 11.4. The van der Waals surface area contributed by atoms with Crippen LogP contribution in [0.1, 0.15) is 50.0 Å². The molecule has 0 spiro atoms. The molecule has 2 aromatic rings. The molecule has 9 nitrogen and oxygen atoms in total. The number of thiazole rings is 1. The minimum absolute atomic E-state index is 0.0365. The highest BCUT2D eigenvalue weighted by Gasteiger charge is 2.29. The molecule has 0 bridgehead atoms. The molecule has 1 atom stereocenters. The van der Waals surface area contributed by atoms with Crippen LogP contribution < -0.4 is 5.32 Å². The van der Waals surface area contributed by atoms with Crippen molar-refractivity contribution in [2.75, 3.05) is 32.1 Å². The van der Waals surface area contributed by atoms with Gasteiger partial charge in [0.2, 0.25) is 15.9 Å². The van der Waals surface area contributed by atoms with E-state index in [1.54, 1.807) is 12.1 Å². The third-order valence-corrected chi connectivity index (χ3v) is 9.05. The number of carboxylic acids is 1. The van der Waals surface area contributed by atoms with Gasteiger partial charge in [0.05, 0.1) is 30.0 Å². The number of hydrogen-bond acceptors (Lipinski definition) is 7. The zero-order chi connectivity index (χ0) is 25.4. The standard InChI is InChI=1S/C23H30ClN3O6S2/c1-33-13-12-27(11-10-21(28)29)35(31,32)18-8-6-17(7-9-18)19(14-16-4-2-3-5-16)22(30)26-23-25-15-20(24)34-23/h6-9,15-16,19H,2-5,10-14H2,1H3,(H,28,29)(H,25,26,30)/t19-/m1/s1. The third-order valence-electron chi connectivity index (χ3n) is 6.11. The molecule has 12 heteroatoms. The van der Waals surface area contributed by atoms with Crippen LogP contribution in [0.5, 0.6) is 0 Å². The van der Waals surface area contributed by atoms with Gasteiger partial charge in [-0.3, -0.25) is 9.59 Å². The van der Waals surface area contributed by atoms with E-state index in [0.717, 1.165) is 30.0 Å². The molecule has 192 valence electrons. The zero-order valence-electron chi connectivity index (χ0n) is 19.5. The van der Waals surface area contributed by atoms with Crippen molar-refractivity contribution in [3.8, 4) is 0 Å². The van der Waals surface area contributed by atoms with E-state index in [1.165, 1.54) is 36.8 Å². The number of nitrogens with zero attached hydrogens (tertiary/aromatic N) is 2. The molecular formula is C23H30ClN3O6S2. The van der Waals surface area contributed by atoms with E-state index in [4.69, 9.17) is 21.4 Å². The Balaban J connectivity index is 1.82. The lowest BCUT2D eigenvalue weighted by atomic mass is 9.87. The highest BCUT2D eigenvalue weighted by atomic mass is 35.5. The summed E-state index contributed by atoms with van der Waals surface area (Å²) in [5.74, 6) is -1.33. The minimum atomic E-state index is -3.93. The number of anilines is 1. The highest BCUT2D eigenvalue weighted by molar-refractivity contribution is 7.89. The first-order chi connectivity index (χ1) is 16.7. The van der Waals surface area contributed by atoms with Gasteiger partial charge in [-0.15, -0.1) is 0 Å². The maximum atomic E-state index is 13.2. The largest absolute Gasteiger partial charge is 0.481 e. The van der Waals surface area contributed by atoms with Crippen LogP contribution in [0, 0.1) is 5.92 Å². The molecule has 1 aromatic heterocycles. The maximum absolute atomic E-state index is 13.2. The van der Waals surface area contributed by atoms with Crippen molar-refractivity contribution in [2.45, 2.75) is 49.3 Å². The lowest BCUT2D eigenvalue weighted by Crippen LogP contribution is -2.35. The Morgan fingerprint density at radius 2 is 1.94 bits per heavy atom. The maximum Gasteiger partial charge on any atom is 0.304 e. The van der Waals surface area contributed by atoms with Crippen LogP contribution in [0.2, 0.25) is 4.34 Å². The summed E-state index contributed by atoms with van der Waals surface area (Å²) in [5.41, 5.74) is 0.713. The summed E-state index contributed by atoms with van der Waals surface area (Å²) in [7, 11) is -2.48. The molecule has 35 heavy (non-hydrogen) atoms. The van der Waals surface area contributed by atoms with E-state index in [1.807, 2.05) is 0 Å². The second-order valence-electron chi connectivity index (χ2n) is 8.51. The number of methoxy groups -OCH3 is 1. The summed E-state index contributed by atoms with van der Waals surface area (Å²) in [4.78, 5) is 28.3. The van der Waals surface area contributed by atoms with Crippen LogP contribution in [-0.2, 0) is 24.3 Å². The van der Waals surface area contributed by atoms with Crippen LogP contribution in [0.4, 0.5) is 5.13 Å². The molecule has 1 saturated carbocycles. The van der Waals surface area contributed by atoms with E-state index >= 15 is 0 Å². The third kappa shape index (κ3) is 7.71. The number of halogens is 1. The number of carbonyl (C=O) groups excluding carboxylic acids is 1. The van der Waals surface area contributed by atoms with Gasteiger partial charge in [-0.2, -0.15) is 4.31 Å². The Morgan fingerprint density at radius 1 is 1.26 bits per heavy atom. The van der Waals surface area contributed by atoms with Crippen LogP contribution in [-0.4, -0.2) is 61.5 Å². The van der Waals surface area contributed by atoms with Crippen molar-refractivity contribution in [2.24, 2.45) is 5.92 Å². The van der Waals surface area contributed by atoms with Crippen LogP contribution in [0.25, 0.3) is 0 Å². The fourth-order valence-corrected chi connectivity index (χ4v) is 6.51. The van der Waals surface area contributed by atoms with Crippen LogP contribution >= 0.6 is 22.9 Å². The molecule has 1 fully saturated rings. The summed E-state index contributed by atoms with van der Waals surface area (Å²) in [6, 6.07) is 6.26. The second kappa shape index (κ2) is 12.8. The van der Waals surface area contributed by atoms with Gasteiger partial charge in [0.1, 0.15) is 4.34 Å². The summed E-state index contributed by atoms with van der Waals surface area (Å²) in [6.07, 6.45) is 6.25. The Kier molecular flexibility index (Phi) is 10.0. The number of rotatable bonds is 13. The van der Waals surface area contributed by atoms with Crippen LogP contribution in [0.15, 0.2) is 35.4 Å². The lowest BCUT2D eigenvalue weighted by Gasteiger charge is -2.23. The molecule has 1 heterocycles. The van der Waals surface area contributed by atoms with Crippen molar-refractivity contribution < 1.29 is 27.9 Å². The van der Waals surface area contributed by atoms with Crippen LogP contribution in [0.3, 0.4) is 0 Å². The predicted octanol–water partition coefficient (Wildman–Crippen LogP) is 4.21. The van der Waals surface area contributed by atoms with Gasteiger partial charge in [0.15, 0.2) is 5.13 Å². The van der Waals surface area contributed by atoms with Gasteiger partial charge in [-0.25, -0.2) is 13.4 Å². The molecule has 1 aliphatic carbocycles. The van der Waals surface area contributed by atoms with Crippen molar-refractivity contribution in [1.82, 2.24) is 9.29 Å². The highest BCUT2D eigenvalue weighted by Crippen LogP contribution is 2.35. The van der Waals surface area contributed by atoms with E-state index in [0.29, 0.717) is 27.4 Å². The number of aliphatic carboxylic acids is 1. The molecule has 1 aromatic carbocycles. The predicted molar refractivity (Wildman–Crippen MR) is 134 cm³/mol. The van der Waals surface area contributed by atoms with Crippen molar-refractivity contribution in [3.63, 3.8) is 0 Å². The molecule has 0 saturated heterocycles. The monoisotopic (exact) mass is 543 g/mol. The number of amides is 1. The number of sulfonamides is 1. The number of hydrogen-bond donors (Lipinski definition) is 2. The van der Waals surface area contributed by atoms with E-state index in [9.17, 15) is 18.0 Å². The normalized spacial score (nSPS) is 15.4. The Hall–Kier alpha value is -2.05. The number of benzene rings is 1. The summed E-state index contributed by atoms with van der Waals surface area (Å²) in [5, 5.41) is 12.3. The lowest BCUT2D eigenvalue weighted by molar-refractivity contribution is -0.137. The number of carboxylic acid groups (broad SMARTS) is 1. The number of nitrogens with one attached hydrogen (secondary N) is 1. The minimum Gasteiger partial charge on any atom is -0.481 e. The summed E-state index contributed by atoms with van der Waals surface area (Å²) in [6.45, 7) is 0.0180. The van der Waals surface area contributed by atoms with Gasteiger partial charge < -0.3 is 15.2 Å². The molecule has 0 unspecified atom stereocenters. The summed E-state index contributed by atoms with van der Waals surface area (Å²) < 4.78 is 32.9. The average Bonchev–Trinajstić information content (AvgIpc) is 3.48. The van der Waals surface area contributed by atoms with Crippen molar-refractivity contribution >= 4 is 50.0 Å². The smallest absolute Gasteiger partial charge is 0.304 e. The van der Waals surface area contributed by atoms with E-state index in [2.05, 4.69) is 10.3 Å². The molecular weight excluding hydrogens is 514 g/mol. The Morgan fingerprint density at radius 3 is 2.51 bits per heavy atom. The second-order valence-corrected chi connectivity index (χ2v) is 12.1. The molecule has 3 rings (SSSR count). The molecule has 1 aliphatic rings. The Bertz CT molecular complexity index is 1100. The fourth-order valence-electron chi connectivity index (χ4n) is 4.27. The Labute approximate surface area is 214 Å². The van der Waals surface area contributed by atoms with Gasteiger partial charge in [0, 0.05) is 20.2 Å². The van der Waals surface area contributed by atoms with E-state index < -0.39 is 21.9 Å². The topological polar surface area (TPSA) is 126 Å². The summed E-state index contributed by atoms with van der Waals surface area (Å²) >= 11 is 7.12. The molecule has 0 aliphatic heterocycles. The average molecular weight is 544 g/mol. The quantitative estimate of drug-likeness (QED) is 0.387. The van der Waals surface area contributed by atoms with Crippen molar-refractivity contribution in [1.29, 1.82) is 0 Å². The molecule has 0 radical (unpaired) electrons. The SMILES string of the molecule is COCCN(CCC(=O)O)S(=O)(=O)c1ccc([C@@H](CC2CCCC2)C(=O)Nc2ncc(Cl)s2)cc1. The first-order valence-corrected chi connectivity index (χ1v) is 14.1. The fraction of sp³-hybridized carbons (Fsp3) is 0.522. The molecule has 2 N–H and O–H groups in total.